The van der Waals surface area contributed by atoms with Crippen LogP contribution in [-0.4, -0.2) is 53.6 Å². The molecule has 2 aromatic rings. The van der Waals surface area contributed by atoms with Crippen LogP contribution in [0.3, 0.4) is 0 Å². The maximum Gasteiger partial charge on any atom is 0.324 e. The Hall–Kier alpha value is -3.55. The molecule has 8 nitrogen and oxygen atoms in total. The SMILES string of the molecule is COc1cccc(/C=N\N(CC(=O)O)CC(=O)O)c1OCc1cccc(C)c1. The Morgan fingerprint density at radius 1 is 1.11 bits per heavy atom. The molecule has 0 spiro atoms. The van der Waals surface area contributed by atoms with Crippen molar-refractivity contribution in [3.63, 3.8) is 0 Å². The van der Waals surface area contributed by atoms with E-state index in [0.717, 1.165) is 16.1 Å². The molecule has 0 unspecified atom stereocenters. The molecule has 0 saturated heterocycles. The van der Waals surface area contributed by atoms with E-state index in [2.05, 4.69) is 5.10 Å². The highest BCUT2D eigenvalue weighted by molar-refractivity contribution is 5.85. The van der Waals surface area contributed by atoms with E-state index in [1.807, 2.05) is 31.2 Å². The van der Waals surface area contributed by atoms with Crippen molar-refractivity contribution in [1.29, 1.82) is 0 Å². The van der Waals surface area contributed by atoms with E-state index in [-0.39, 0.29) is 0 Å². The number of carbonyl (C=O) groups is 2. The minimum absolute atomic E-state index is 0.302. The average molecular weight is 386 g/mol. The molecule has 0 aliphatic heterocycles. The first kappa shape index (κ1) is 20.8. The molecule has 0 aromatic heterocycles. The van der Waals surface area contributed by atoms with E-state index < -0.39 is 25.0 Å². The average Bonchev–Trinajstić information content (AvgIpc) is 2.63. The van der Waals surface area contributed by atoms with Gasteiger partial charge in [0, 0.05) is 5.56 Å². The van der Waals surface area contributed by atoms with Gasteiger partial charge >= 0.3 is 11.9 Å². The first-order chi connectivity index (χ1) is 13.4. The van der Waals surface area contributed by atoms with Crippen molar-refractivity contribution in [2.75, 3.05) is 20.2 Å². The molecular weight excluding hydrogens is 364 g/mol. The Morgan fingerprint density at radius 3 is 2.39 bits per heavy atom. The minimum atomic E-state index is -1.18. The van der Waals surface area contributed by atoms with Gasteiger partial charge in [-0.3, -0.25) is 14.6 Å². The van der Waals surface area contributed by atoms with Crippen LogP contribution in [-0.2, 0) is 16.2 Å². The lowest BCUT2D eigenvalue weighted by Gasteiger charge is -2.16. The van der Waals surface area contributed by atoms with Crippen LogP contribution in [0.25, 0.3) is 0 Å². The zero-order valence-electron chi connectivity index (χ0n) is 15.7. The van der Waals surface area contributed by atoms with Crippen LogP contribution in [0.1, 0.15) is 16.7 Å². The van der Waals surface area contributed by atoms with Gasteiger partial charge < -0.3 is 19.7 Å². The highest BCUT2D eigenvalue weighted by Gasteiger charge is 2.13. The van der Waals surface area contributed by atoms with Gasteiger partial charge in [0.05, 0.1) is 13.3 Å². The third kappa shape index (κ3) is 6.31. The number of ether oxygens (including phenoxy) is 2. The fourth-order valence-electron chi connectivity index (χ4n) is 2.50. The van der Waals surface area contributed by atoms with Crippen molar-refractivity contribution in [2.24, 2.45) is 5.10 Å². The summed E-state index contributed by atoms with van der Waals surface area (Å²) in [6.45, 7) is 1.22. The van der Waals surface area contributed by atoms with Crippen LogP contribution in [0, 0.1) is 6.92 Å². The summed E-state index contributed by atoms with van der Waals surface area (Å²) in [5, 5.41) is 22.7. The van der Waals surface area contributed by atoms with E-state index in [9.17, 15) is 9.59 Å². The largest absolute Gasteiger partial charge is 0.493 e. The van der Waals surface area contributed by atoms with Crippen molar-refractivity contribution in [3.8, 4) is 11.5 Å². The van der Waals surface area contributed by atoms with Gasteiger partial charge in [0.1, 0.15) is 19.7 Å². The quantitative estimate of drug-likeness (QED) is 0.477. The van der Waals surface area contributed by atoms with Crippen LogP contribution in [0.15, 0.2) is 47.6 Å². The molecular formula is C20H22N2O6. The molecule has 0 fully saturated rings. The van der Waals surface area contributed by atoms with Crippen molar-refractivity contribution in [1.82, 2.24) is 5.01 Å². The summed E-state index contributed by atoms with van der Waals surface area (Å²) in [5.74, 6) is -1.44. The molecule has 2 aromatic carbocycles. The lowest BCUT2D eigenvalue weighted by molar-refractivity contribution is -0.141. The predicted molar refractivity (Wildman–Crippen MR) is 103 cm³/mol. The molecule has 2 rings (SSSR count). The molecule has 2 N–H and O–H groups in total. The molecule has 8 heteroatoms. The van der Waals surface area contributed by atoms with Gasteiger partial charge in [-0.2, -0.15) is 5.10 Å². The molecule has 28 heavy (non-hydrogen) atoms. The third-order valence-corrected chi connectivity index (χ3v) is 3.69. The summed E-state index contributed by atoms with van der Waals surface area (Å²) in [6, 6.07) is 13.1. The number of hydrazone groups is 1. The van der Waals surface area contributed by atoms with E-state index in [0.29, 0.717) is 23.7 Å². The van der Waals surface area contributed by atoms with E-state index in [4.69, 9.17) is 19.7 Å². The van der Waals surface area contributed by atoms with Crippen molar-refractivity contribution < 1.29 is 29.3 Å². The Balaban J connectivity index is 2.25. The summed E-state index contributed by atoms with van der Waals surface area (Å²) in [5.41, 5.74) is 2.63. The molecule has 0 atom stereocenters. The van der Waals surface area contributed by atoms with Crippen molar-refractivity contribution >= 4 is 18.2 Å². The molecule has 0 saturated carbocycles. The number of methoxy groups -OCH3 is 1. The van der Waals surface area contributed by atoms with E-state index in [1.54, 1.807) is 18.2 Å². The summed E-state index contributed by atoms with van der Waals surface area (Å²) < 4.78 is 11.3. The molecule has 0 heterocycles. The standard InChI is InChI=1S/C20H22N2O6/c1-14-5-3-6-15(9-14)13-28-20-16(7-4-8-17(20)27-2)10-21-22(11-18(23)24)12-19(25)26/h3-10H,11-13H2,1-2H3,(H,23,24)(H,25,26)/b21-10-. The number of aliphatic carboxylic acids is 2. The summed E-state index contributed by atoms with van der Waals surface area (Å²) >= 11 is 0. The van der Waals surface area contributed by atoms with E-state index in [1.165, 1.54) is 13.3 Å². The molecule has 0 amide bonds. The molecule has 0 aliphatic carbocycles. The number of rotatable bonds is 10. The Labute approximate surface area is 162 Å². The molecule has 148 valence electrons. The third-order valence-electron chi connectivity index (χ3n) is 3.69. The van der Waals surface area contributed by atoms with Gasteiger partial charge in [0.15, 0.2) is 11.5 Å². The van der Waals surface area contributed by atoms with Crippen LogP contribution in [0.4, 0.5) is 0 Å². The first-order valence-electron chi connectivity index (χ1n) is 8.47. The normalized spacial score (nSPS) is 10.6. The van der Waals surface area contributed by atoms with Gasteiger partial charge in [-0.15, -0.1) is 0 Å². The lowest BCUT2D eigenvalue weighted by Crippen LogP contribution is -2.30. The lowest BCUT2D eigenvalue weighted by atomic mass is 10.1. The number of para-hydroxylation sites is 1. The van der Waals surface area contributed by atoms with Gasteiger partial charge in [-0.25, -0.2) is 0 Å². The number of hydrogen-bond acceptors (Lipinski definition) is 6. The highest BCUT2D eigenvalue weighted by atomic mass is 16.5. The maximum absolute atomic E-state index is 10.9. The first-order valence-corrected chi connectivity index (χ1v) is 8.47. The number of carboxylic acids is 2. The van der Waals surface area contributed by atoms with Crippen LogP contribution >= 0.6 is 0 Å². The molecule has 0 aliphatic rings. The Morgan fingerprint density at radius 2 is 1.79 bits per heavy atom. The molecule has 0 bridgehead atoms. The number of nitrogens with zero attached hydrogens (tertiary/aromatic N) is 2. The summed E-state index contributed by atoms with van der Waals surface area (Å²) in [4.78, 5) is 21.8. The zero-order valence-corrected chi connectivity index (χ0v) is 15.7. The number of carboxylic acid groups (broad SMARTS) is 2. The van der Waals surface area contributed by atoms with Crippen LogP contribution < -0.4 is 9.47 Å². The second-order valence-corrected chi connectivity index (χ2v) is 6.01. The van der Waals surface area contributed by atoms with Crippen LogP contribution in [0.2, 0.25) is 0 Å². The van der Waals surface area contributed by atoms with E-state index >= 15 is 0 Å². The smallest absolute Gasteiger partial charge is 0.324 e. The summed E-state index contributed by atoms with van der Waals surface area (Å²) in [6.07, 6.45) is 1.36. The highest BCUT2D eigenvalue weighted by Crippen LogP contribution is 2.31. The minimum Gasteiger partial charge on any atom is -0.493 e. The predicted octanol–water partition coefficient (Wildman–Crippen LogP) is 2.39. The zero-order chi connectivity index (χ0) is 20.5. The van der Waals surface area contributed by atoms with Crippen molar-refractivity contribution in [2.45, 2.75) is 13.5 Å². The monoisotopic (exact) mass is 386 g/mol. The topological polar surface area (TPSA) is 109 Å². The number of benzene rings is 2. The molecule has 0 radical (unpaired) electrons. The maximum atomic E-state index is 10.9. The van der Waals surface area contributed by atoms with Gasteiger partial charge in [0.2, 0.25) is 0 Å². The number of aryl methyl sites for hydroxylation is 1. The van der Waals surface area contributed by atoms with Gasteiger partial charge in [0.25, 0.3) is 0 Å². The number of hydrogen-bond donors (Lipinski definition) is 2. The Kier molecular flexibility index (Phi) is 7.38. The Bertz CT molecular complexity index is 850. The fraction of sp³-hybridized carbons (Fsp3) is 0.250. The fourth-order valence-corrected chi connectivity index (χ4v) is 2.50. The second-order valence-electron chi connectivity index (χ2n) is 6.01. The van der Waals surface area contributed by atoms with Crippen LogP contribution in [0.5, 0.6) is 11.5 Å². The van der Waals surface area contributed by atoms with Gasteiger partial charge in [-0.1, -0.05) is 35.9 Å². The summed E-state index contributed by atoms with van der Waals surface area (Å²) in [7, 11) is 1.51. The van der Waals surface area contributed by atoms with Crippen molar-refractivity contribution in [3.05, 3.63) is 59.2 Å². The van der Waals surface area contributed by atoms with Gasteiger partial charge in [-0.05, 0) is 24.6 Å². The second kappa shape index (κ2) is 9.96.